The third-order valence-corrected chi connectivity index (χ3v) is 7.74. The molecule has 11 heteroatoms. The number of rotatable bonds is 9. The Balaban J connectivity index is 1.37. The number of carbonyl (C=O) groups is 2. The number of urea groups is 1. The van der Waals surface area contributed by atoms with Crippen molar-refractivity contribution in [2.45, 2.75) is 78.1 Å². The smallest absolute Gasteiger partial charge is 0.410 e. The highest BCUT2D eigenvalue weighted by atomic mass is 28.3. The summed E-state index contributed by atoms with van der Waals surface area (Å²) >= 11 is 0. The third-order valence-electron chi connectivity index (χ3n) is 6.04. The summed E-state index contributed by atoms with van der Waals surface area (Å²) in [6.07, 6.45) is 5.89. The first kappa shape index (κ1) is 27.9. The molecule has 2 N–H and O–H groups in total. The molecule has 2 aromatic rings. The third kappa shape index (κ3) is 9.09. The van der Waals surface area contributed by atoms with Gasteiger partial charge in [0.25, 0.3) is 0 Å². The Morgan fingerprint density at radius 1 is 1.19 bits per heavy atom. The number of fused-ring (bicyclic) bond motifs is 1. The van der Waals surface area contributed by atoms with Crippen molar-refractivity contribution in [1.82, 2.24) is 24.8 Å². The van der Waals surface area contributed by atoms with Gasteiger partial charge in [0.1, 0.15) is 17.8 Å². The van der Waals surface area contributed by atoms with Gasteiger partial charge < -0.3 is 24.3 Å². The molecule has 0 unspecified atom stereocenters. The Bertz CT molecular complexity index is 1020. The minimum atomic E-state index is -1.12. The molecular formula is C25H42N6O4Si. The maximum Gasteiger partial charge on any atom is 0.410 e. The fourth-order valence-corrected chi connectivity index (χ4v) is 4.70. The van der Waals surface area contributed by atoms with Crippen LogP contribution in [-0.4, -0.2) is 71.5 Å². The number of aromatic nitrogens is 3. The number of nitrogens with zero attached hydrogens (tertiary/aromatic N) is 4. The molecule has 1 saturated heterocycles. The van der Waals surface area contributed by atoms with E-state index in [0.717, 1.165) is 37.6 Å². The Morgan fingerprint density at radius 2 is 1.92 bits per heavy atom. The Morgan fingerprint density at radius 3 is 2.58 bits per heavy atom. The summed E-state index contributed by atoms with van der Waals surface area (Å²) in [5.74, 6) is 0.871. The average Bonchev–Trinajstić information content (AvgIpc) is 3.17. The van der Waals surface area contributed by atoms with Crippen molar-refractivity contribution in [3.8, 4) is 0 Å². The fraction of sp³-hybridized carbons (Fsp3) is 0.680. The predicted octanol–water partition coefficient (Wildman–Crippen LogP) is 4.90. The van der Waals surface area contributed by atoms with Gasteiger partial charge in [0.05, 0.1) is 6.20 Å². The molecule has 200 valence electrons. The monoisotopic (exact) mass is 518 g/mol. The first-order valence-corrected chi connectivity index (χ1v) is 16.5. The lowest BCUT2D eigenvalue weighted by Gasteiger charge is -2.33. The molecule has 0 bridgehead atoms. The van der Waals surface area contributed by atoms with Crippen LogP contribution in [0.25, 0.3) is 11.2 Å². The number of piperidine rings is 1. The van der Waals surface area contributed by atoms with E-state index >= 15 is 0 Å². The van der Waals surface area contributed by atoms with E-state index in [1.165, 1.54) is 0 Å². The van der Waals surface area contributed by atoms with Crippen LogP contribution in [0.3, 0.4) is 0 Å². The molecule has 3 rings (SSSR count). The summed E-state index contributed by atoms with van der Waals surface area (Å²) in [6, 6.07) is 2.69. The van der Waals surface area contributed by atoms with Crippen LogP contribution in [0.4, 0.5) is 15.4 Å². The average molecular weight is 519 g/mol. The summed E-state index contributed by atoms with van der Waals surface area (Å²) in [5, 5.41) is 5.66. The van der Waals surface area contributed by atoms with Gasteiger partial charge in [0, 0.05) is 40.5 Å². The maximum absolute atomic E-state index is 12.3. The first-order valence-electron chi connectivity index (χ1n) is 12.8. The molecule has 3 amide bonds. The molecule has 10 nitrogen and oxygen atoms in total. The highest BCUT2D eigenvalue weighted by Crippen LogP contribution is 2.22. The summed E-state index contributed by atoms with van der Waals surface area (Å²) in [5.41, 5.74) is 0.955. The van der Waals surface area contributed by atoms with E-state index in [9.17, 15) is 9.59 Å². The first-order chi connectivity index (χ1) is 16.9. The van der Waals surface area contributed by atoms with Crippen LogP contribution in [0.1, 0.15) is 40.0 Å². The van der Waals surface area contributed by atoms with Gasteiger partial charge in [0.15, 0.2) is 11.5 Å². The summed E-state index contributed by atoms with van der Waals surface area (Å²) < 4.78 is 13.2. The van der Waals surface area contributed by atoms with E-state index in [2.05, 4.69) is 40.2 Å². The topological polar surface area (TPSA) is 111 Å². The van der Waals surface area contributed by atoms with Crippen LogP contribution in [0, 0.1) is 5.92 Å². The lowest BCUT2D eigenvalue weighted by molar-refractivity contribution is 0.0182. The van der Waals surface area contributed by atoms with Crippen LogP contribution < -0.4 is 10.6 Å². The largest absolute Gasteiger partial charge is 0.444 e. The van der Waals surface area contributed by atoms with Gasteiger partial charge in [-0.25, -0.2) is 19.6 Å². The van der Waals surface area contributed by atoms with E-state index < -0.39 is 13.7 Å². The standard InChI is InChI=1S/C25H42N6O4Si/c1-25(2,3)35-24(33)30-12-8-19(9-13-30)7-11-26-23(32)29-21-17-27-22-20(28-21)10-14-31(22)18-34-15-16-36(4,5)6/h10,14,17,19H,7-9,11-13,15-16,18H2,1-6H3,(H2,26,28,29,32). The van der Waals surface area contributed by atoms with E-state index in [1.807, 2.05) is 37.6 Å². The van der Waals surface area contributed by atoms with Crippen molar-refractivity contribution >= 4 is 37.2 Å². The zero-order valence-corrected chi connectivity index (χ0v) is 23.6. The number of hydrogen-bond acceptors (Lipinski definition) is 6. The maximum atomic E-state index is 12.3. The minimum Gasteiger partial charge on any atom is -0.444 e. The number of hydrogen-bond donors (Lipinski definition) is 2. The van der Waals surface area contributed by atoms with Crippen molar-refractivity contribution in [2.24, 2.45) is 5.92 Å². The zero-order chi connectivity index (χ0) is 26.3. The minimum absolute atomic E-state index is 0.249. The predicted molar refractivity (Wildman–Crippen MR) is 144 cm³/mol. The highest BCUT2D eigenvalue weighted by molar-refractivity contribution is 6.76. The second-order valence-electron chi connectivity index (χ2n) is 11.7. The molecular weight excluding hydrogens is 476 g/mol. The molecule has 1 fully saturated rings. The summed E-state index contributed by atoms with van der Waals surface area (Å²) in [4.78, 5) is 35.3. The van der Waals surface area contributed by atoms with Crippen LogP contribution in [0.2, 0.25) is 25.7 Å². The van der Waals surface area contributed by atoms with Gasteiger partial charge in [-0.2, -0.15) is 0 Å². The van der Waals surface area contributed by atoms with Crippen LogP contribution in [-0.2, 0) is 16.2 Å². The van der Waals surface area contributed by atoms with Crippen molar-refractivity contribution in [1.29, 1.82) is 0 Å². The Kier molecular flexibility index (Phi) is 9.34. The van der Waals surface area contributed by atoms with E-state index in [-0.39, 0.29) is 12.1 Å². The highest BCUT2D eigenvalue weighted by Gasteiger charge is 2.26. The number of amides is 3. The fourth-order valence-electron chi connectivity index (χ4n) is 3.95. The number of likely N-dealkylation sites (tertiary alicyclic amines) is 1. The molecule has 3 heterocycles. The van der Waals surface area contributed by atoms with Gasteiger partial charge in [-0.3, -0.25) is 5.32 Å². The molecule has 0 spiro atoms. The molecule has 0 aliphatic carbocycles. The van der Waals surface area contributed by atoms with Gasteiger partial charge in [0.2, 0.25) is 0 Å². The quantitative estimate of drug-likeness (QED) is 0.361. The molecule has 0 saturated carbocycles. The van der Waals surface area contributed by atoms with Gasteiger partial charge in [-0.05, 0) is 58.1 Å². The normalized spacial score (nSPS) is 15.2. The van der Waals surface area contributed by atoms with E-state index in [1.54, 1.807) is 11.1 Å². The summed E-state index contributed by atoms with van der Waals surface area (Å²) in [6.45, 7) is 15.7. The van der Waals surface area contributed by atoms with Crippen LogP contribution in [0.5, 0.6) is 0 Å². The molecule has 1 aliphatic heterocycles. The van der Waals surface area contributed by atoms with Gasteiger partial charge in [-0.1, -0.05) is 19.6 Å². The van der Waals surface area contributed by atoms with Gasteiger partial charge >= 0.3 is 12.1 Å². The molecule has 36 heavy (non-hydrogen) atoms. The number of ether oxygens (including phenoxy) is 2. The van der Waals surface area contributed by atoms with Crippen LogP contribution in [0.15, 0.2) is 18.5 Å². The van der Waals surface area contributed by atoms with Crippen molar-refractivity contribution in [3.63, 3.8) is 0 Å². The number of anilines is 1. The molecule has 2 aromatic heterocycles. The van der Waals surface area contributed by atoms with Gasteiger partial charge in [-0.15, -0.1) is 0 Å². The number of carbonyl (C=O) groups excluding carboxylic acids is 2. The lowest BCUT2D eigenvalue weighted by atomic mass is 9.94. The Labute approximate surface area is 215 Å². The van der Waals surface area contributed by atoms with E-state index in [4.69, 9.17) is 9.47 Å². The Hall–Kier alpha value is -2.66. The number of nitrogens with one attached hydrogen (secondary N) is 2. The van der Waals surface area contributed by atoms with Crippen molar-refractivity contribution in [3.05, 3.63) is 18.5 Å². The molecule has 0 atom stereocenters. The lowest BCUT2D eigenvalue weighted by Crippen LogP contribution is -2.42. The van der Waals surface area contributed by atoms with Crippen LogP contribution >= 0.6 is 0 Å². The van der Waals surface area contributed by atoms with E-state index in [0.29, 0.717) is 43.6 Å². The summed E-state index contributed by atoms with van der Waals surface area (Å²) in [7, 11) is -1.12. The van der Waals surface area contributed by atoms with Crippen molar-refractivity contribution < 1.29 is 19.1 Å². The second-order valence-corrected chi connectivity index (χ2v) is 17.3. The molecule has 0 radical (unpaired) electrons. The SMILES string of the molecule is CC(C)(C)OC(=O)N1CCC(CCNC(=O)Nc2cnc3c(ccn3COCC[Si](C)(C)C)n2)CC1. The molecule has 0 aromatic carbocycles. The second kappa shape index (κ2) is 12.0. The zero-order valence-electron chi connectivity index (χ0n) is 22.6. The van der Waals surface area contributed by atoms with Crippen molar-refractivity contribution in [2.75, 3.05) is 31.6 Å². The molecule has 1 aliphatic rings.